The second-order valence-electron chi connectivity index (χ2n) is 5.70. The van der Waals surface area contributed by atoms with Gasteiger partial charge in [0, 0.05) is 18.8 Å². The van der Waals surface area contributed by atoms with E-state index in [2.05, 4.69) is 15.0 Å². The SMILES string of the molecule is CCNc1ncccc1S(=O)(=O)NC(C1CC1)C1CC1. The predicted molar refractivity (Wildman–Crippen MR) is 78.0 cm³/mol. The fourth-order valence-corrected chi connectivity index (χ4v) is 4.15. The number of nitrogens with one attached hydrogen (secondary N) is 2. The Labute approximate surface area is 120 Å². The molecule has 0 aromatic carbocycles. The van der Waals surface area contributed by atoms with Gasteiger partial charge in [0.1, 0.15) is 10.7 Å². The van der Waals surface area contributed by atoms with Crippen molar-refractivity contribution in [3.63, 3.8) is 0 Å². The average Bonchev–Trinajstić information content (AvgIpc) is 3.29. The molecule has 20 heavy (non-hydrogen) atoms. The Hall–Kier alpha value is -1.14. The lowest BCUT2D eigenvalue weighted by Gasteiger charge is -2.19. The van der Waals surface area contributed by atoms with E-state index in [1.165, 1.54) is 0 Å². The maximum absolute atomic E-state index is 12.6. The molecule has 0 unspecified atom stereocenters. The van der Waals surface area contributed by atoms with Gasteiger partial charge in [-0.05, 0) is 56.6 Å². The zero-order valence-electron chi connectivity index (χ0n) is 11.7. The molecule has 1 aromatic rings. The highest BCUT2D eigenvalue weighted by Gasteiger charge is 2.43. The lowest BCUT2D eigenvalue weighted by molar-refractivity contribution is 0.471. The summed E-state index contributed by atoms with van der Waals surface area (Å²) in [6.07, 6.45) is 6.21. The Balaban J connectivity index is 1.83. The molecule has 6 heteroatoms. The van der Waals surface area contributed by atoms with Crippen LogP contribution in [0, 0.1) is 11.8 Å². The fourth-order valence-electron chi connectivity index (χ4n) is 2.64. The van der Waals surface area contributed by atoms with Crippen LogP contribution in [0.25, 0.3) is 0 Å². The first kappa shape index (κ1) is 13.8. The molecule has 2 fully saturated rings. The van der Waals surface area contributed by atoms with Crippen molar-refractivity contribution in [1.82, 2.24) is 9.71 Å². The summed E-state index contributed by atoms with van der Waals surface area (Å²) in [4.78, 5) is 4.39. The van der Waals surface area contributed by atoms with Crippen LogP contribution in [0.2, 0.25) is 0 Å². The summed E-state index contributed by atoms with van der Waals surface area (Å²) < 4.78 is 28.1. The van der Waals surface area contributed by atoms with E-state index in [9.17, 15) is 8.42 Å². The Morgan fingerprint density at radius 1 is 1.30 bits per heavy atom. The number of nitrogens with zero attached hydrogens (tertiary/aromatic N) is 1. The third-order valence-electron chi connectivity index (χ3n) is 3.96. The first-order chi connectivity index (χ1) is 9.62. The highest BCUT2D eigenvalue weighted by atomic mass is 32.2. The number of sulfonamides is 1. The van der Waals surface area contributed by atoms with Crippen LogP contribution in [0.5, 0.6) is 0 Å². The van der Waals surface area contributed by atoms with Crippen molar-refractivity contribution in [2.45, 2.75) is 43.5 Å². The molecular weight excluding hydrogens is 274 g/mol. The van der Waals surface area contributed by atoms with Crippen LogP contribution in [0.3, 0.4) is 0 Å². The van der Waals surface area contributed by atoms with Crippen molar-refractivity contribution in [2.75, 3.05) is 11.9 Å². The van der Waals surface area contributed by atoms with Gasteiger partial charge < -0.3 is 5.32 Å². The molecule has 2 N–H and O–H groups in total. The first-order valence-electron chi connectivity index (χ1n) is 7.33. The van der Waals surface area contributed by atoms with Crippen LogP contribution in [0.1, 0.15) is 32.6 Å². The summed E-state index contributed by atoms with van der Waals surface area (Å²) in [7, 11) is -3.50. The third kappa shape index (κ3) is 2.96. The van der Waals surface area contributed by atoms with Crippen LogP contribution in [-0.2, 0) is 10.0 Å². The van der Waals surface area contributed by atoms with Gasteiger partial charge in [0.2, 0.25) is 10.0 Å². The number of aromatic nitrogens is 1. The van der Waals surface area contributed by atoms with Crippen molar-refractivity contribution < 1.29 is 8.42 Å². The topological polar surface area (TPSA) is 71.1 Å². The van der Waals surface area contributed by atoms with E-state index in [0.717, 1.165) is 25.7 Å². The monoisotopic (exact) mass is 295 g/mol. The molecule has 2 saturated carbocycles. The number of pyridine rings is 1. The highest BCUT2D eigenvalue weighted by molar-refractivity contribution is 7.89. The first-order valence-corrected chi connectivity index (χ1v) is 8.81. The minimum atomic E-state index is -3.50. The van der Waals surface area contributed by atoms with Crippen LogP contribution in [0.15, 0.2) is 23.2 Å². The lowest BCUT2D eigenvalue weighted by atomic mass is 10.1. The predicted octanol–water partition coefficient (Wildman–Crippen LogP) is 1.98. The molecule has 0 radical (unpaired) electrons. The van der Waals surface area contributed by atoms with Crippen molar-refractivity contribution >= 4 is 15.8 Å². The fraction of sp³-hybridized carbons (Fsp3) is 0.643. The van der Waals surface area contributed by atoms with E-state index in [1.807, 2.05) is 6.92 Å². The van der Waals surface area contributed by atoms with Crippen molar-refractivity contribution in [1.29, 1.82) is 0 Å². The number of hydrogen-bond donors (Lipinski definition) is 2. The highest BCUT2D eigenvalue weighted by Crippen LogP contribution is 2.45. The molecule has 2 aliphatic carbocycles. The summed E-state index contributed by atoms with van der Waals surface area (Å²) in [5.41, 5.74) is 0. The molecule has 1 heterocycles. The van der Waals surface area contributed by atoms with E-state index < -0.39 is 10.0 Å². The summed E-state index contributed by atoms with van der Waals surface area (Å²) in [6.45, 7) is 2.57. The van der Waals surface area contributed by atoms with Gasteiger partial charge in [-0.25, -0.2) is 18.1 Å². The standard InChI is InChI=1S/C14H21N3O2S/c1-2-15-14-12(4-3-9-16-14)20(18,19)17-13(10-5-6-10)11-7-8-11/h3-4,9-11,13,17H,2,5-8H2,1H3,(H,15,16). The normalized spacial score (nSPS) is 19.3. The summed E-state index contributed by atoms with van der Waals surface area (Å²) in [5, 5.41) is 3.01. The van der Waals surface area contributed by atoms with Crippen LogP contribution in [0.4, 0.5) is 5.82 Å². The van der Waals surface area contributed by atoms with Crippen LogP contribution in [-0.4, -0.2) is 26.0 Å². The zero-order valence-corrected chi connectivity index (χ0v) is 12.5. The van der Waals surface area contributed by atoms with E-state index in [-0.39, 0.29) is 10.9 Å². The number of rotatable bonds is 7. The second kappa shape index (κ2) is 5.33. The van der Waals surface area contributed by atoms with Gasteiger partial charge in [0.15, 0.2) is 0 Å². The number of hydrogen-bond acceptors (Lipinski definition) is 4. The van der Waals surface area contributed by atoms with Gasteiger partial charge in [0.25, 0.3) is 0 Å². The Bertz CT molecular complexity index is 568. The Morgan fingerprint density at radius 2 is 1.95 bits per heavy atom. The number of anilines is 1. The van der Waals surface area contributed by atoms with Gasteiger partial charge in [0.05, 0.1) is 0 Å². The molecule has 2 aliphatic rings. The third-order valence-corrected chi connectivity index (χ3v) is 5.45. The average molecular weight is 295 g/mol. The van der Waals surface area contributed by atoms with E-state index in [0.29, 0.717) is 24.2 Å². The lowest BCUT2D eigenvalue weighted by Crippen LogP contribution is -2.38. The quantitative estimate of drug-likeness (QED) is 0.807. The summed E-state index contributed by atoms with van der Waals surface area (Å²) in [5.74, 6) is 1.51. The van der Waals surface area contributed by atoms with E-state index >= 15 is 0 Å². The smallest absolute Gasteiger partial charge is 0.244 e. The van der Waals surface area contributed by atoms with Crippen molar-refractivity contribution in [3.8, 4) is 0 Å². The van der Waals surface area contributed by atoms with Gasteiger partial charge in [-0.3, -0.25) is 0 Å². The van der Waals surface area contributed by atoms with Crippen molar-refractivity contribution in [2.24, 2.45) is 11.8 Å². The molecular formula is C14H21N3O2S. The van der Waals surface area contributed by atoms with Gasteiger partial charge in [-0.2, -0.15) is 0 Å². The molecule has 0 atom stereocenters. The Morgan fingerprint density at radius 3 is 2.50 bits per heavy atom. The maximum Gasteiger partial charge on any atom is 0.244 e. The van der Waals surface area contributed by atoms with Crippen LogP contribution >= 0.6 is 0 Å². The molecule has 0 bridgehead atoms. The van der Waals surface area contributed by atoms with Gasteiger partial charge >= 0.3 is 0 Å². The Kier molecular flexibility index (Phi) is 3.69. The molecule has 110 valence electrons. The van der Waals surface area contributed by atoms with Gasteiger partial charge in [-0.15, -0.1) is 0 Å². The molecule has 1 aromatic heterocycles. The molecule has 0 amide bonds. The van der Waals surface area contributed by atoms with Crippen molar-refractivity contribution in [3.05, 3.63) is 18.3 Å². The summed E-state index contributed by atoms with van der Waals surface area (Å²) >= 11 is 0. The minimum absolute atomic E-state index is 0.120. The summed E-state index contributed by atoms with van der Waals surface area (Å²) in [6, 6.07) is 3.40. The molecule has 0 aliphatic heterocycles. The maximum atomic E-state index is 12.6. The van der Waals surface area contributed by atoms with E-state index in [4.69, 9.17) is 0 Å². The molecule has 0 spiro atoms. The second-order valence-corrected chi connectivity index (χ2v) is 7.38. The van der Waals surface area contributed by atoms with Gasteiger partial charge in [-0.1, -0.05) is 0 Å². The van der Waals surface area contributed by atoms with E-state index in [1.54, 1.807) is 18.3 Å². The molecule has 3 rings (SSSR count). The minimum Gasteiger partial charge on any atom is -0.369 e. The van der Waals surface area contributed by atoms with Crippen LogP contribution < -0.4 is 10.0 Å². The molecule has 5 nitrogen and oxygen atoms in total. The molecule has 0 saturated heterocycles. The zero-order chi connectivity index (χ0) is 14.2. The largest absolute Gasteiger partial charge is 0.369 e.